The lowest BCUT2D eigenvalue weighted by Crippen LogP contribution is -2.32. The molecule has 1 heterocycles. The molecule has 10 heteroatoms. The molecule has 136 valence electrons. The molecule has 0 aliphatic heterocycles. The van der Waals surface area contributed by atoms with Crippen LogP contribution in [-0.2, 0) is 4.79 Å². The number of benzene rings is 2. The first-order valence-electron chi connectivity index (χ1n) is 7.51. The van der Waals surface area contributed by atoms with Gasteiger partial charge in [-0.25, -0.2) is 4.98 Å². The van der Waals surface area contributed by atoms with Gasteiger partial charge in [0.2, 0.25) is 5.91 Å². The largest absolute Gasteiger partial charge is 0.308 e. The fourth-order valence-electron chi connectivity index (χ4n) is 2.15. The Morgan fingerprint density at radius 2 is 2.11 bits per heavy atom. The van der Waals surface area contributed by atoms with E-state index in [4.69, 9.17) is 23.8 Å². The van der Waals surface area contributed by atoms with E-state index in [2.05, 4.69) is 15.6 Å². The van der Waals surface area contributed by atoms with Crippen LogP contribution in [0.5, 0.6) is 0 Å². The number of hydrogen-bond donors (Lipinski definition) is 2. The van der Waals surface area contributed by atoms with Crippen LogP contribution in [0, 0.1) is 10.1 Å². The Hall–Kier alpha value is -2.88. The minimum Gasteiger partial charge on any atom is -0.308 e. The summed E-state index contributed by atoms with van der Waals surface area (Å²) in [6, 6.07) is 11.3. The van der Waals surface area contributed by atoms with Gasteiger partial charge in [0.05, 0.1) is 15.1 Å². The lowest BCUT2D eigenvalue weighted by molar-refractivity contribution is -0.384. The maximum atomic E-state index is 12.0. The topological polar surface area (TPSA) is 97.2 Å². The van der Waals surface area contributed by atoms with Crippen molar-refractivity contribution in [2.45, 2.75) is 0 Å². The van der Waals surface area contributed by atoms with Crippen molar-refractivity contribution in [1.29, 1.82) is 0 Å². The predicted octanol–water partition coefficient (Wildman–Crippen LogP) is 4.38. The normalized spacial score (nSPS) is 10.9. The van der Waals surface area contributed by atoms with Crippen LogP contribution in [0.2, 0.25) is 5.02 Å². The third-order valence-corrected chi connectivity index (χ3v) is 4.69. The van der Waals surface area contributed by atoms with E-state index in [0.29, 0.717) is 15.7 Å². The van der Waals surface area contributed by atoms with Crippen molar-refractivity contribution in [3.05, 3.63) is 69.2 Å². The maximum Gasteiger partial charge on any atom is 0.270 e. The molecule has 7 nitrogen and oxygen atoms in total. The number of thiocarbonyl (C=S) groups is 1. The van der Waals surface area contributed by atoms with Gasteiger partial charge in [0, 0.05) is 23.2 Å². The van der Waals surface area contributed by atoms with Gasteiger partial charge in [0.25, 0.3) is 5.69 Å². The lowest BCUT2D eigenvalue weighted by atomic mass is 10.2. The third-order valence-electron chi connectivity index (χ3n) is 3.32. The van der Waals surface area contributed by atoms with Crippen LogP contribution in [-0.4, -0.2) is 20.9 Å². The zero-order valence-electron chi connectivity index (χ0n) is 13.5. The van der Waals surface area contributed by atoms with E-state index in [0.717, 1.165) is 10.2 Å². The zero-order chi connectivity index (χ0) is 19.4. The minimum atomic E-state index is -0.498. The van der Waals surface area contributed by atoms with Crippen LogP contribution in [0.3, 0.4) is 0 Å². The molecule has 1 amide bonds. The molecule has 3 rings (SSSR count). The first kappa shape index (κ1) is 18.9. The number of nitrogens with zero attached hydrogens (tertiary/aromatic N) is 2. The van der Waals surface area contributed by atoms with Gasteiger partial charge in [-0.15, -0.1) is 0 Å². The Labute approximate surface area is 167 Å². The Morgan fingerprint density at radius 1 is 1.30 bits per heavy atom. The van der Waals surface area contributed by atoms with E-state index in [1.165, 1.54) is 35.6 Å². The van der Waals surface area contributed by atoms with Gasteiger partial charge >= 0.3 is 0 Å². The van der Waals surface area contributed by atoms with Crippen molar-refractivity contribution in [3.8, 4) is 0 Å². The first-order valence-corrected chi connectivity index (χ1v) is 9.11. The molecule has 0 radical (unpaired) electrons. The number of hydrogen-bond acceptors (Lipinski definition) is 6. The molecule has 0 spiro atoms. The molecule has 0 aliphatic rings. The second-order valence-corrected chi connectivity index (χ2v) is 7.14. The number of aromatic nitrogens is 1. The molecule has 2 N–H and O–H groups in total. The number of non-ortho nitro benzene ring substituents is 1. The van der Waals surface area contributed by atoms with Crippen LogP contribution in [0.15, 0.2) is 48.5 Å². The molecule has 0 unspecified atom stereocenters. The number of halogens is 1. The molecule has 27 heavy (non-hydrogen) atoms. The Kier molecular flexibility index (Phi) is 5.75. The van der Waals surface area contributed by atoms with Crippen molar-refractivity contribution >= 4 is 73.3 Å². The van der Waals surface area contributed by atoms with Gasteiger partial charge < -0.3 is 5.32 Å². The number of nitro benzene ring substituents is 1. The number of fused-ring (bicyclic) bond motifs is 1. The molecule has 0 aliphatic carbocycles. The summed E-state index contributed by atoms with van der Waals surface area (Å²) in [5.74, 6) is -0.469. The van der Waals surface area contributed by atoms with Gasteiger partial charge in [-0.1, -0.05) is 35.1 Å². The van der Waals surface area contributed by atoms with Crippen molar-refractivity contribution in [2.75, 3.05) is 5.32 Å². The zero-order valence-corrected chi connectivity index (χ0v) is 15.9. The van der Waals surface area contributed by atoms with E-state index < -0.39 is 10.8 Å². The van der Waals surface area contributed by atoms with E-state index in [1.54, 1.807) is 30.3 Å². The molecular formula is C17H11ClN4O3S2. The van der Waals surface area contributed by atoms with Gasteiger partial charge in [0.15, 0.2) is 10.2 Å². The number of nitro groups is 1. The summed E-state index contributed by atoms with van der Waals surface area (Å²) in [5, 5.41) is 17.3. The van der Waals surface area contributed by atoms with Gasteiger partial charge in [-0.2, -0.15) is 0 Å². The number of anilines is 1. The van der Waals surface area contributed by atoms with E-state index >= 15 is 0 Å². The van der Waals surface area contributed by atoms with Gasteiger partial charge in [-0.3, -0.25) is 20.2 Å². The molecule has 0 saturated heterocycles. The van der Waals surface area contributed by atoms with Crippen molar-refractivity contribution in [1.82, 2.24) is 10.3 Å². The van der Waals surface area contributed by atoms with Gasteiger partial charge in [-0.05, 0) is 42.1 Å². The number of thiazole rings is 1. The standard InChI is InChI=1S/C17H11ClN4O3S2/c18-11-5-6-13-14(9-11)27-17(19-13)21-16(26)20-15(23)7-4-10-2-1-3-12(8-10)22(24)25/h1-9H,(H2,19,20,21,23,26). The molecule has 0 saturated carbocycles. The molecule has 0 fully saturated rings. The number of nitrogens with one attached hydrogen (secondary N) is 2. The predicted molar refractivity (Wildman–Crippen MR) is 111 cm³/mol. The Balaban J connectivity index is 1.60. The molecule has 3 aromatic rings. The minimum absolute atomic E-state index is 0.0503. The second-order valence-electron chi connectivity index (χ2n) is 5.26. The van der Waals surface area contributed by atoms with Crippen molar-refractivity contribution < 1.29 is 9.72 Å². The van der Waals surface area contributed by atoms with E-state index in [1.807, 2.05) is 0 Å². The van der Waals surface area contributed by atoms with Crippen LogP contribution in [0.25, 0.3) is 16.3 Å². The van der Waals surface area contributed by atoms with Crippen LogP contribution < -0.4 is 10.6 Å². The summed E-state index contributed by atoms with van der Waals surface area (Å²) >= 11 is 12.4. The maximum absolute atomic E-state index is 12.0. The summed E-state index contributed by atoms with van der Waals surface area (Å²) in [5.41, 5.74) is 1.25. The first-order chi connectivity index (χ1) is 12.9. The quantitative estimate of drug-likeness (QED) is 0.282. The smallest absolute Gasteiger partial charge is 0.270 e. The second kappa shape index (κ2) is 8.21. The number of rotatable bonds is 4. The summed E-state index contributed by atoms with van der Waals surface area (Å²) in [6.45, 7) is 0. The highest BCUT2D eigenvalue weighted by atomic mass is 35.5. The molecule has 2 aromatic carbocycles. The third kappa shape index (κ3) is 5.07. The van der Waals surface area contributed by atoms with E-state index in [9.17, 15) is 14.9 Å². The number of carbonyl (C=O) groups is 1. The average molecular weight is 419 g/mol. The summed E-state index contributed by atoms with van der Waals surface area (Å²) in [6.07, 6.45) is 2.70. The number of carbonyl (C=O) groups excluding carboxylic acids is 1. The summed E-state index contributed by atoms with van der Waals surface area (Å²) in [4.78, 5) is 26.6. The van der Waals surface area contributed by atoms with Crippen LogP contribution in [0.1, 0.15) is 5.56 Å². The Morgan fingerprint density at radius 3 is 2.89 bits per heavy atom. The SMILES string of the molecule is O=C(C=Cc1cccc([N+](=O)[O-])c1)NC(=S)Nc1nc2ccc(Cl)cc2s1. The number of amides is 1. The highest BCUT2D eigenvalue weighted by molar-refractivity contribution is 7.80. The highest BCUT2D eigenvalue weighted by Crippen LogP contribution is 2.28. The van der Waals surface area contributed by atoms with Crippen LogP contribution >= 0.6 is 35.2 Å². The summed E-state index contributed by atoms with van der Waals surface area (Å²) in [7, 11) is 0. The molecule has 0 bridgehead atoms. The average Bonchev–Trinajstić information content (AvgIpc) is 3.01. The monoisotopic (exact) mass is 418 g/mol. The Bertz CT molecular complexity index is 1080. The fourth-order valence-corrected chi connectivity index (χ4v) is 3.56. The van der Waals surface area contributed by atoms with Crippen molar-refractivity contribution in [2.24, 2.45) is 0 Å². The van der Waals surface area contributed by atoms with Crippen molar-refractivity contribution in [3.63, 3.8) is 0 Å². The fraction of sp³-hybridized carbons (Fsp3) is 0. The molecule has 0 atom stereocenters. The molecular weight excluding hydrogens is 408 g/mol. The van der Waals surface area contributed by atoms with Crippen LogP contribution in [0.4, 0.5) is 10.8 Å². The lowest BCUT2D eigenvalue weighted by Gasteiger charge is -2.04. The molecule has 1 aromatic heterocycles. The summed E-state index contributed by atoms with van der Waals surface area (Å²) < 4.78 is 0.893. The van der Waals surface area contributed by atoms with Gasteiger partial charge in [0.1, 0.15) is 0 Å². The van der Waals surface area contributed by atoms with E-state index in [-0.39, 0.29) is 10.8 Å². The highest BCUT2D eigenvalue weighted by Gasteiger charge is 2.08.